The highest BCUT2D eigenvalue weighted by Crippen LogP contribution is 2.64. The van der Waals surface area contributed by atoms with Gasteiger partial charge in [-0.25, -0.2) is 0 Å². The van der Waals surface area contributed by atoms with Crippen LogP contribution in [0.15, 0.2) is 12.2 Å². The molecule has 0 spiro atoms. The molecule has 0 radical (unpaired) electrons. The SMILES string of the molecule is O=C1CCC23CC=CCC12CCCC3. The Morgan fingerprint density at radius 3 is 2.64 bits per heavy atom. The van der Waals surface area contributed by atoms with Gasteiger partial charge in [0.05, 0.1) is 0 Å². The lowest BCUT2D eigenvalue weighted by Crippen LogP contribution is -2.45. The number of allylic oxidation sites excluding steroid dienone is 2. The van der Waals surface area contributed by atoms with E-state index in [2.05, 4.69) is 12.2 Å². The van der Waals surface area contributed by atoms with Crippen molar-refractivity contribution in [1.29, 1.82) is 0 Å². The van der Waals surface area contributed by atoms with Crippen molar-refractivity contribution in [3.05, 3.63) is 12.2 Å². The molecule has 0 aromatic rings. The number of carbonyl (C=O) groups is 1. The summed E-state index contributed by atoms with van der Waals surface area (Å²) < 4.78 is 0. The van der Waals surface area contributed by atoms with Crippen LogP contribution in [-0.2, 0) is 4.79 Å². The van der Waals surface area contributed by atoms with E-state index in [4.69, 9.17) is 0 Å². The first-order valence-electron chi connectivity index (χ1n) is 5.98. The number of hydrogen-bond acceptors (Lipinski definition) is 1. The molecule has 0 heterocycles. The van der Waals surface area contributed by atoms with Crippen LogP contribution in [0.1, 0.15) is 51.4 Å². The maximum absolute atomic E-state index is 12.1. The molecule has 2 fully saturated rings. The van der Waals surface area contributed by atoms with Gasteiger partial charge in [0.1, 0.15) is 5.78 Å². The average molecular weight is 190 g/mol. The van der Waals surface area contributed by atoms with Gasteiger partial charge in [-0.3, -0.25) is 4.79 Å². The van der Waals surface area contributed by atoms with Crippen LogP contribution in [0.2, 0.25) is 0 Å². The average Bonchev–Trinajstić information content (AvgIpc) is 2.54. The van der Waals surface area contributed by atoms with Crippen molar-refractivity contribution >= 4 is 5.78 Å². The minimum atomic E-state index is 0.0972. The summed E-state index contributed by atoms with van der Waals surface area (Å²) in [4.78, 5) is 12.1. The second-order valence-corrected chi connectivity index (χ2v) is 5.37. The Bertz CT molecular complexity index is 304. The van der Waals surface area contributed by atoms with E-state index in [-0.39, 0.29) is 5.41 Å². The highest BCUT2D eigenvalue weighted by atomic mass is 16.1. The molecule has 0 saturated heterocycles. The van der Waals surface area contributed by atoms with E-state index in [9.17, 15) is 4.79 Å². The van der Waals surface area contributed by atoms with Gasteiger partial charge in [0.15, 0.2) is 0 Å². The Balaban J connectivity index is 2.09. The fraction of sp³-hybridized carbons (Fsp3) is 0.769. The molecule has 1 nitrogen and oxygen atoms in total. The molecule has 0 bridgehead atoms. The first kappa shape index (κ1) is 8.70. The third-order valence-electron chi connectivity index (χ3n) is 5.03. The molecule has 0 aromatic carbocycles. The van der Waals surface area contributed by atoms with Gasteiger partial charge >= 0.3 is 0 Å². The molecule has 0 aliphatic heterocycles. The number of rotatable bonds is 0. The zero-order valence-corrected chi connectivity index (χ0v) is 8.72. The second-order valence-electron chi connectivity index (χ2n) is 5.37. The largest absolute Gasteiger partial charge is 0.299 e. The lowest BCUT2D eigenvalue weighted by Gasteiger charge is -2.50. The van der Waals surface area contributed by atoms with Gasteiger partial charge in [-0.1, -0.05) is 25.0 Å². The van der Waals surface area contributed by atoms with Crippen molar-refractivity contribution in [3.8, 4) is 0 Å². The van der Waals surface area contributed by atoms with Crippen LogP contribution in [0.3, 0.4) is 0 Å². The first-order valence-corrected chi connectivity index (χ1v) is 5.98. The molecule has 1 heteroatoms. The van der Waals surface area contributed by atoms with Gasteiger partial charge in [-0.05, 0) is 37.5 Å². The molecule has 0 amide bonds. The smallest absolute Gasteiger partial charge is 0.139 e. The van der Waals surface area contributed by atoms with Crippen molar-refractivity contribution in [2.24, 2.45) is 10.8 Å². The number of hydrogen-bond donors (Lipinski definition) is 0. The van der Waals surface area contributed by atoms with E-state index in [1.165, 1.54) is 38.5 Å². The van der Waals surface area contributed by atoms with E-state index in [0.717, 1.165) is 12.8 Å². The lowest BCUT2D eigenvalue weighted by molar-refractivity contribution is -0.133. The molecule has 3 aliphatic rings. The van der Waals surface area contributed by atoms with E-state index >= 15 is 0 Å². The molecule has 76 valence electrons. The Morgan fingerprint density at radius 1 is 1.00 bits per heavy atom. The van der Waals surface area contributed by atoms with Crippen LogP contribution in [-0.4, -0.2) is 5.78 Å². The molecule has 0 aromatic heterocycles. The predicted octanol–water partition coefficient (Wildman–Crippen LogP) is 3.25. The molecule has 2 saturated carbocycles. The summed E-state index contributed by atoms with van der Waals surface area (Å²) in [6, 6.07) is 0. The highest BCUT2D eigenvalue weighted by Gasteiger charge is 2.59. The minimum absolute atomic E-state index is 0.0972. The fourth-order valence-corrected chi connectivity index (χ4v) is 4.21. The molecular weight excluding hydrogens is 172 g/mol. The van der Waals surface area contributed by atoms with E-state index in [0.29, 0.717) is 11.2 Å². The van der Waals surface area contributed by atoms with E-state index in [1.54, 1.807) is 0 Å². The topological polar surface area (TPSA) is 17.1 Å². The highest BCUT2D eigenvalue weighted by molar-refractivity contribution is 5.88. The van der Waals surface area contributed by atoms with Crippen LogP contribution < -0.4 is 0 Å². The van der Waals surface area contributed by atoms with Crippen LogP contribution >= 0.6 is 0 Å². The third-order valence-corrected chi connectivity index (χ3v) is 5.03. The van der Waals surface area contributed by atoms with Crippen molar-refractivity contribution in [1.82, 2.24) is 0 Å². The van der Waals surface area contributed by atoms with Crippen molar-refractivity contribution < 1.29 is 4.79 Å². The van der Waals surface area contributed by atoms with E-state index < -0.39 is 0 Å². The monoisotopic (exact) mass is 190 g/mol. The Labute approximate surface area is 85.6 Å². The summed E-state index contributed by atoms with van der Waals surface area (Å²) in [6.45, 7) is 0. The number of Topliss-reactive ketones (excluding diaryl/α,β-unsaturated/α-hetero) is 1. The molecule has 3 rings (SSSR count). The van der Waals surface area contributed by atoms with Crippen molar-refractivity contribution in [3.63, 3.8) is 0 Å². The Hall–Kier alpha value is -0.590. The van der Waals surface area contributed by atoms with Crippen LogP contribution in [0.4, 0.5) is 0 Å². The molecular formula is C13H18O. The summed E-state index contributed by atoms with van der Waals surface area (Å²) in [5.74, 6) is 0.585. The number of carbonyl (C=O) groups excluding carboxylic acids is 1. The van der Waals surface area contributed by atoms with Crippen LogP contribution in [0.25, 0.3) is 0 Å². The molecule has 0 N–H and O–H groups in total. The quantitative estimate of drug-likeness (QED) is 0.536. The lowest BCUT2D eigenvalue weighted by atomic mass is 9.53. The van der Waals surface area contributed by atoms with Crippen LogP contribution in [0.5, 0.6) is 0 Å². The van der Waals surface area contributed by atoms with Gasteiger partial charge in [0.2, 0.25) is 0 Å². The predicted molar refractivity (Wildman–Crippen MR) is 55.9 cm³/mol. The molecule has 2 unspecified atom stereocenters. The van der Waals surface area contributed by atoms with Gasteiger partial charge in [-0.15, -0.1) is 0 Å². The number of ketones is 1. The van der Waals surface area contributed by atoms with Gasteiger partial charge in [-0.2, -0.15) is 0 Å². The van der Waals surface area contributed by atoms with Gasteiger partial charge in [0, 0.05) is 11.8 Å². The van der Waals surface area contributed by atoms with Gasteiger partial charge < -0.3 is 0 Å². The normalized spacial score (nSPS) is 46.1. The summed E-state index contributed by atoms with van der Waals surface area (Å²) in [5.41, 5.74) is 0.497. The molecule has 3 aliphatic carbocycles. The standard InChI is InChI=1S/C13H18O/c14-11-5-10-12-6-1-3-8-13(11,12)9-4-2-7-12/h1,3H,2,4-10H2. The van der Waals surface area contributed by atoms with Gasteiger partial charge in [0.25, 0.3) is 0 Å². The maximum Gasteiger partial charge on any atom is 0.139 e. The van der Waals surface area contributed by atoms with Crippen molar-refractivity contribution in [2.45, 2.75) is 51.4 Å². The summed E-state index contributed by atoms with van der Waals surface area (Å²) >= 11 is 0. The third kappa shape index (κ3) is 0.838. The second kappa shape index (κ2) is 2.71. The Morgan fingerprint density at radius 2 is 1.79 bits per heavy atom. The van der Waals surface area contributed by atoms with Crippen LogP contribution in [0, 0.1) is 10.8 Å². The Kier molecular flexibility index (Phi) is 1.68. The zero-order valence-electron chi connectivity index (χ0n) is 8.72. The zero-order chi connectivity index (χ0) is 9.65. The minimum Gasteiger partial charge on any atom is -0.299 e. The summed E-state index contributed by atoms with van der Waals surface area (Å²) in [7, 11) is 0. The first-order chi connectivity index (χ1) is 6.79. The van der Waals surface area contributed by atoms with E-state index in [1.807, 2.05) is 0 Å². The summed E-state index contributed by atoms with van der Waals surface area (Å²) in [5, 5.41) is 0. The molecule has 2 atom stereocenters. The maximum atomic E-state index is 12.1. The van der Waals surface area contributed by atoms with Crippen molar-refractivity contribution in [2.75, 3.05) is 0 Å². The molecule has 14 heavy (non-hydrogen) atoms. The fourth-order valence-electron chi connectivity index (χ4n) is 4.21. The summed E-state index contributed by atoms with van der Waals surface area (Å²) in [6.07, 6.45) is 14.0.